The van der Waals surface area contributed by atoms with Crippen LogP contribution >= 0.6 is 0 Å². The van der Waals surface area contributed by atoms with E-state index in [2.05, 4.69) is 39.5 Å². The topological polar surface area (TPSA) is 38.5 Å². The monoisotopic (exact) mass is 268 g/mol. The maximum Gasteiger partial charge on any atom is 0.0690 e. The van der Waals surface area contributed by atoms with E-state index in [9.17, 15) is 0 Å². The first-order chi connectivity index (χ1) is 8.84. The van der Waals surface area contributed by atoms with Gasteiger partial charge in [-0.3, -0.25) is 4.90 Å². The Bertz CT molecular complexity index is 316. The van der Waals surface area contributed by atoms with Gasteiger partial charge in [-0.05, 0) is 39.7 Å². The number of hydrogen-bond donors (Lipinski definition) is 1. The summed E-state index contributed by atoms with van der Waals surface area (Å²) in [4.78, 5) is 2.55. The molecule has 0 amide bonds. The second-order valence-electron chi connectivity index (χ2n) is 7.37. The normalized spacial score (nSPS) is 37.3. The van der Waals surface area contributed by atoms with Gasteiger partial charge in [0.05, 0.1) is 6.10 Å². The van der Waals surface area contributed by atoms with Gasteiger partial charge >= 0.3 is 0 Å². The van der Waals surface area contributed by atoms with Crippen molar-refractivity contribution in [3.63, 3.8) is 0 Å². The Morgan fingerprint density at radius 1 is 1.37 bits per heavy atom. The van der Waals surface area contributed by atoms with Crippen LogP contribution in [0.25, 0.3) is 0 Å². The lowest BCUT2D eigenvalue weighted by Crippen LogP contribution is -2.80. The molecule has 112 valence electrons. The highest BCUT2D eigenvalue weighted by Gasteiger charge is 2.66. The first-order valence-electron chi connectivity index (χ1n) is 7.99. The van der Waals surface area contributed by atoms with Crippen LogP contribution in [0.1, 0.15) is 53.9 Å². The molecule has 2 N–H and O–H groups in total. The number of fused-ring (bicyclic) bond motifs is 1. The van der Waals surface area contributed by atoms with Gasteiger partial charge in [0.2, 0.25) is 0 Å². The molecule has 3 atom stereocenters. The minimum Gasteiger partial charge on any atom is -0.377 e. The summed E-state index contributed by atoms with van der Waals surface area (Å²) in [5.41, 5.74) is 6.89. The van der Waals surface area contributed by atoms with Crippen molar-refractivity contribution in [1.29, 1.82) is 0 Å². The van der Waals surface area contributed by atoms with Crippen molar-refractivity contribution in [2.24, 2.45) is 17.1 Å². The van der Waals surface area contributed by atoms with Gasteiger partial charge in [-0.2, -0.15) is 0 Å². The van der Waals surface area contributed by atoms with Crippen molar-refractivity contribution in [2.75, 3.05) is 19.7 Å². The lowest BCUT2D eigenvalue weighted by molar-refractivity contribution is -0.233. The highest BCUT2D eigenvalue weighted by Crippen LogP contribution is 2.57. The van der Waals surface area contributed by atoms with E-state index < -0.39 is 0 Å². The quantitative estimate of drug-likeness (QED) is 0.833. The molecule has 3 nitrogen and oxygen atoms in total. The van der Waals surface area contributed by atoms with Crippen molar-refractivity contribution in [1.82, 2.24) is 4.90 Å². The van der Waals surface area contributed by atoms with Crippen molar-refractivity contribution in [3.8, 4) is 0 Å². The largest absolute Gasteiger partial charge is 0.377 e. The summed E-state index contributed by atoms with van der Waals surface area (Å²) in [6.07, 6.45) is 3.98. The van der Waals surface area contributed by atoms with Gasteiger partial charge < -0.3 is 10.5 Å². The Hall–Kier alpha value is -0.120. The second kappa shape index (κ2) is 5.34. The Balaban J connectivity index is 2.12. The van der Waals surface area contributed by atoms with Crippen LogP contribution < -0.4 is 5.73 Å². The number of hydrogen-bond acceptors (Lipinski definition) is 3. The van der Waals surface area contributed by atoms with Crippen LogP contribution in [0.3, 0.4) is 0 Å². The highest BCUT2D eigenvalue weighted by molar-refractivity contribution is 5.20. The molecular formula is C16H32N2O. The minimum atomic E-state index is -0.0858. The van der Waals surface area contributed by atoms with Gasteiger partial charge in [0.1, 0.15) is 0 Å². The van der Waals surface area contributed by atoms with E-state index in [1.807, 2.05) is 0 Å². The van der Waals surface area contributed by atoms with Crippen LogP contribution in [0.4, 0.5) is 0 Å². The molecule has 2 rings (SSSR count). The molecule has 0 aromatic heterocycles. The molecule has 0 spiro atoms. The zero-order valence-electron chi connectivity index (χ0n) is 13.4. The standard InChI is InChI=1S/C16H32N2O/c1-6-9-18(12(2)3)11-16(17)13-8-7-10-19-14(13)15(16,4)5/h12-14H,6-11,17H2,1-5H3. The van der Waals surface area contributed by atoms with Gasteiger partial charge in [-0.15, -0.1) is 0 Å². The minimum absolute atomic E-state index is 0.0858. The molecular weight excluding hydrogens is 236 g/mol. The fourth-order valence-corrected chi connectivity index (χ4v) is 4.13. The Kier molecular flexibility index (Phi) is 4.29. The lowest BCUT2D eigenvalue weighted by Gasteiger charge is -2.67. The number of ether oxygens (including phenoxy) is 1. The zero-order valence-corrected chi connectivity index (χ0v) is 13.4. The number of nitrogens with two attached hydrogens (primary N) is 1. The van der Waals surface area contributed by atoms with Crippen molar-refractivity contribution < 1.29 is 4.74 Å². The van der Waals surface area contributed by atoms with Gasteiger partial charge in [0.15, 0.2) is 0 Å². The maximum absolute atomic E-state index is 6.88. The summed E-state index contributed by atoms with van der Waals surface area (Å²) in [5, 5.41) is 0. The summed E-state index contributed by atoms with van der Waals surface area (Å²) >= 11 is 0. The molecule has 1 aliphatic carbocycles. The van der Waals surface area contributed by atoms with Crippen molar-refractivity contribution in [3.05, 3.63) is 0 Å². The van der Waals surface area contributed by atoms with Crippen LogP contribution in [0, 0.1) is 11.3 Å². The average molecular weight is 268 g/mol. The summed E-state index contributed by atoms with van der Waals surface area (Å²) < 4.78 is 5.99. The smallest absolute Gasteiger partial charge is 0.0690 e. The zero-order chi connectivity index (χ0) is 14.3. The molecule has 0 radical (unpaired) electrons. The third-order valence-corrected chi connectivity index (χ3v) is 5.60. The van der Waals surface area contributed by atoms with Crippen LogP contribution in [-0.4, -0.2) is 42.3 Å². The summed E-state index contributed by atoms with van der Waals surface area (Å²) in [6.45, 7) is 14.5. The molecule has 3 unspecified atom stereocenters. The first kappa shape index (κ1) is 15.3. The van der Waals surface area contributed by atoms with Crippen molar-refractivity contribution in [2.45, 2.75) is 71.6 Å². The SMILES string of the molecule is CCCN(CC1(N)C2CCCOC2C1(C)C)C(C)C. The second-order valence-corrected chi connectivity index (χ2v) is 7.37. The molecule has 1 aliphatic heterocycles. The molecule has 0 aromatic carbocycles. The van der Waals surface area contributed by atoms with E-state index >= 15 is 0 Å². The highest BCUT2D eigenvalue weighted by atomic mass is 16.5. The predicted octanol–water partition coefficient (Wildman–Crippen LogP) is 2.64. The van der Waals surface area contributed by atoms with E-state index in [1.54, 1.807) is 0 Å². The third-order valence-electron chi connectivity index (χ3n) is 5.60. The molecule has 2 fully saturated rings. The summed E-state index contributed by atoms with van der Waals surface area (Å²) in [7, 11) is 0. The molecule has 0 aromatic rings. The van der Waals surface area contributed by atoms with E-state index in [0.717, 1.165) is 19.7 Å². The molecule has 19 heavy (non-hydrogen) atoms. The Labute approximate surface area is 118 Å². The number of nitrogens with zero attached hydrogens (tertiary/aromatic N) is 1. The van der Waals surface area contributed by atoms with E-state index in [1.165, 1.54) is 19.3 Å². The van der Waals surface area contributed by atoms with Gasteiger partial charge in [0, 0.05) is 36.1 Å². The molecule has 0 bridgehead atoms. The van der Waals surface area contributed by atoms with Crippen molar-refractivity contribution >= 4 is 0 Å². The Morgan fingerprint density at radius 3 is 2.63 bits per heavy atom. The van der Waals surface area contributed by atoms with Gasteiger partial charge in [-0.25, -0.2) is 0 Å². The molecule has 1 heterocycles. The predicted molar refractivity (Wildman–Crippen MR) is 80.2 cm³/mol. The van der Waals surface area contributed by atoms with E-state index in [-0.39, 0.29) is 11.0 Å². The first-order valence-corrected chi connectivity index (χ1v) is 7.99. The molecule has 2 aliphatic rings. The fourth-order valence-electron chi connectivity index (χ4n) is 4.13. The maximum atomic E-state index is 6.88. The lowest BCUT2D eigenvalue weighted by atomic mass is 9.46. The summed E-state index contributed by atoms with van der Waals surface area (Å²) in [6, 6.07) is 0.569. The van der Waals surface area contributed by atoms with E-state index in [0.29, 0.717) is 18.1 Å². The molecule has 1 saturated heterocycles. The Morgan fingerprint density at radius 2 is 2.05 bits per heavy atom. The van der Waals surface area contributed by atoms with Crippen LogP contribution in [0.2, 0.25) is 0 Å². The van der Waals surface area contributed by atoms with Gasteiger partial charge in [-0.1, -0.05) is 20.8 Å². The van der Waals surface area contributed by atoms with Crippen LogP contribution in [0.5, 0.6) is 0 Å². The molecule has 3 heteroatoms. The molecule has 1 saturated carbocycles. The van der Waals surface area contributed by atoms with Crippen LogP contribution in [0.15, 0.2) is 0 Å². The fraction of sp³-hybridized carbons (Fsp3) is 1.00. The number of rotatable bonds is 5. The van der Waals surface area contributed by atoms with Gasteiger partial charge in [0.25, 0.3) is 0 Å². The van der Waals surface area contributed by atoms with Crippen LogP contribution in [-0.2, 0) is 4.74 Å². The third kappa shape index (κ3) is 2.34. The van der Waals surface area contributed by atoms with E-state index in [4.69, 9.17) is 10.5 Å². The summed E-state index contributed by atoms with van der Waals surface area (Å²) in [5.74, 6) is 0.550. The average Bonchev–Trinajstić information content (AvgIpc) is 2.37.